The fourth-order valence-electron chi connectivity index (χ4n) is 7.22. The van der Waals surface area contributed by atoms with Gasteiger partial charge in [-0.3, -0.25) is 14.7 Å². The van der Waals surface area contributed by atoms with Crippen molar-refractivity contribution in [1.82, 2.24) is 9.88 Å². The average molecular weight is 634 g/mol. The van der Waals surface area contributed by atoms with Crippen molar-refractivity contribution < 1.29 is 19.4 Å². The third-order valence-electron chi connectivity index (χ3n) is 9.87. The van der Waals surface area contributed by atoms with Crippen LogP contribution in [-0.4, -0.2) is 33.5 Å². The van der Waals surface area contributed by atoms with Crippen molar-refractivity contribution >= 4 is 25.2 Å². The number of carboxylic acids is 1. The minimum atomic E-state index is -0.743. The van der Waals surface area contributed by atoms with Crippen molar-refractivity contribution in [3.05, 3.63) is 118 Å². The first kappa shape index (κ1) is 31.7. The summed E-state index contributed by atoms with van der Waals surface area (Å²) in [7, 11) is 0. The Balaban J connectivity index is 0.00000372. The van der Waals surface area contributed by atoms with Crippen LogP contribution in [0.25, 0.3) is 16.0 Å². The van der Waals surface area contributed by atoms with Gasteiger partial charge in [0.1, 0.15) is 30.8 Å². The van der Waals surface area contributed by atoms with Gasteiger partial charge >= 0.3 is 5.97 Å². The molecule has 0 bridgehead atoms. The second-order valence-corrected chi connectivity index (χ2v) is 12.8. The molecule has 3 aromatic carbocycles. The predicted molar refractivity (Wildman–Crippen MR) is 183 cm³/mol. The van der Waals surface area contributed by atoms with Crippen LogP contribution in [0.5, 0.6) is 11.5 Å². The molecule has 46 heavy (non-hydrogen) atoms. The molecule has 1 saturated heterocycles. The molecular weight excluding hydrogens is 595 g/mol. The molecule has 1 aliphatic heterocycles. The molecule has 236 valence electrons. The third kappa shape index (κ3) is 6.35. The Bertz CT molecular complexity index is 1800. The third-order valence-corrected chi connectivity index (χ3v) is 9.87. The van der Waals surface area contributed by atoms with Crippen LogP contribution in [0.4, 0.5) is 5.69 Å². The molecule has 1 atom stereocenters. The Morgan fingerprint density at radius 2 is 1.80 bits per heavy atom. The van der Waals surface area contributed by atoms with Gasteiger partial charge in [-0.25, -0.2) is 4.85 Å². The van der Waals surface area contributed by atoms with E-state index in [-0.39, 0.29) is 25.5 Å². The maximum Gasteiger partial charge on any atom is 0.320 e. The number of likely N-dealkylation sites (tertiary alicyclic amines) is 1. The quantitative estimate of drug-likeness (QED) is 0.180. The second-order valence-electron chi connectivity index (χ2n) is 12.8. The molecule has 7 nitrogen and oxygen atoms in total. The zero-order chi connectivity index (χ0) is 31.0. The molecule has 3 aliphatic rings. The van der Waals surface area contributed by atoms with Gasteiger partial charge in [0.05, 0.1) is 6.57 Å². The van der Waals surface area contributed by atoms with E-state index in [1.165, 1.54) is 27.8 Å². The Morgan fingerprint density at radius 1 is 1.02 bits per heavy atom. The Hall–Kier alpha value is -4.32. The molecule has 2 fully saturated rings. The van der Waals surface area contributed by atoms with E-state index < -0.39 is 12.0 Å². The number of hydrogen-bond donors (Lipinski definition) is 1. The summed E-state index contributed by atoms with van der Waals surface area (Å²) in [4.78, 5) is 22.2. The molecule has 1 saturated carbocycles. The SMILES string of the molecule is S.[C-]#[N+]c1cncc(COc2cc(OCc3cccc(-c4ccccc4)c3C)c3c(c2CN2CC4(CC4)C[C@H]2C(=O)O)CCC3)c1. The van der Waals surface area contributed by atoms with Crippen LogP contribution in [0.1, 0.15) is 59.1 Å². The molecule has 4 aromatic rings. The van der Waals surface area contributed by atoms with E-state index in [4.69, 9.17) is 16.0 Å². The lowest BCUT2D eigenvalue weighted by Gasteiger charge is -2.26. The van der Waals surface area contributed by atoms with E-state index in [1.807, 2.05) is 12.1 Å². The largest absolute Gasteiger partial charge is 0.488 e. The topological polar surface area (TPSA) is 76.2 Å². The molecule has 0 amide bonds. The lowest BCUT2D eigenvalue weighted by atomic mass is 9.97. The highest BCUT2D eigenvalue weighted by atomic mass is 32.1. The van der Waals surface area contributed by atoms with Crippen LogP contribution in [0.2, 0.25) is 0 Å². The fourth-order valence-corrected chi connectivity index (χ4v) is 7.22. The van der Waals surface area contributed by atoms with E-state index in [1.54, 1.807) is 18.5 Å². The zero-order valence-corrected chi connectivity index (χ0v) is 27.1. The average Bonchev–Trinajstić information content (AvgIpc) is 3.45. The summed E-state index contributed by atoms with van der Waals surface area (Å²) in [5.41, 5.74) is 9.66. The number of aliphatic carboxylic acids is 1. The van der Waals surface area contributed by atoms with E-state index in [0.717, 1.165) is 73.3 Å². The van der Waals surface area contributed by atoms with Crippen molar-refractivity contribution in [2.24, 2.45) is 5.41 Å². The zero-order valence-electron chi connectivity index (χ0n) is 26.1. The summed E-state index contributed by atoms with van der Waals surface area (Å²) in [6.07, 6.45) is 9.06. The number of ether oxygens (including phenoxy) is 2. The van der Waals surface area contributed by atoms with E-state index in [2.05, 4.69) is 64.1 Å². The summed E-state index contributed by atoms with van der Waals surface area (Å²) >= 11 is 0. The van der Waals surface area contributed by atoms with Gasteiger partial charge in [0.2, 0.25) is 5.69 Å². The van der Waals surface area contributed by atoms with Gasteiger partial charge in [-0.15, -0.1) is 0 Å². The first-order chi connectivity index (χ1) is 21.9. The first-order valence-corrected chi connectivity index (χ1v) is 15.8. The summed E-state index contributed by atoms with van der Waals surface area (Å²) in [5.74, 6) is 0.802. The number of carbonyl (C=O) groups is 1. The number of pyridine rings is 1. The van der Waals surface area contributed by atoms with E-state index in [0.29, 0.717) is 18.8 Å². The van der Waals surface area contributed by atoms with Gasteiger partial charge in [-0.05, 0) is 95.9 Å². The first-order valence-electron chi connectivity index (χ1n) is 15.8. The van der Waals surface area contributed by atoms with Gasteiger partial charge in [0, 0.05) is 37.1 Å². The molecule has 2 aliphatic carbocycles. The Labute approximate surface area is 277 Å². The molecule has 0 unspecified atom stereocenters. The van der Waals surface area contributed by atoms with Crippen LogP contribution in [-0.2, 0) is 37.4 Å². The number of aromatic nitrogens is 1. The summed E-state index contributed by atoms with van der Waals surface area (Å²) in [6, 6.07) is 20.1. The van der Waals surface area contributed by atoms with E-state index >= 15 is 0 Å². The monoisotopic (exact) mass is 633 g/mol. The molecular formula is C38H39N3O4S. The van der Waals surface area contributed by atoms with Crippen LogP contribution in [0, 0.1) is 18.9 Å². The minimum absolute atomic E-state index is 0. The highest BCUT2D eigenvalue weighted by Crippen LogP contribution is 2.55. The van der Waals surface area contributed by atoms with Gasteiger partial charge in [-0.2, -0.15) is 13.5 Å². The van der Waals surface area contributed by atoms with Gasteiger partial charge < -0.3 is 14.6 Å². The number of nitrogens with zero attached hydrogens (tertiary/aromatic N) is 3. The lowest BCUT2D eigenvalue weighted by molar-refractivity contribution is -0.142. The highest BCUT2D eigenvalue weighted by molar-refractivity contribution is 7.59. The maximum atomic E-state index is 12.3. The number of rotatable bonds is 10. The molecule has 1 spiro atoms. The normalized spacial score (nSPS) is 17.6. The van der Waals surface area contributed by atoms with Crippen molar-refractivity contribution in [3.8, 4) is 22.6 Å². The van der Waals surface area contributed by atoms with Crippen LogP contribution >= 0.6 is 13.5 Å². The maximum absolute atomic E-state index is 12.3. The van der Waals surface area contributed by atoms with E-state index in [9.17, 15) is 9.90 Å². The molecule has 2 heterocycles. The Kier molecular flexibility index (Phi) is 9.08. The van der Waals surface area contributed by atoms with Gasteiger partial charge in [0.15, 0.2) is 0 Å². The summed E-state index contributed by atoms with van der Waals surface area (Å²) in [6.45, 7) is 11.6. The van der Waals surface area contributed by atoms with Gasteiger partial charge in [0.25, 0.3) is 0 Å². The summed E-state index contributed by atoms with van der Waals surface area (Å²) in [5, 5.41) is 10.1. The Morgan fingerprint density at radius 3 is 2.57 bits per heavy atom. The fraction of sp³-hybridized carbons (Fsp3) is 0.342. The molecule has 1 N–H and O–H groups in total. The van der Waals surface area contributed by atoms with Crippen molar-refractivity contribution in [2.75, 3.05) is 6.54 Å². The molecule has 8 heteroatoms. The van der Waals surface area contributed by atoms with Crippen LogP contribution in [0.3, 0.4) is 0 Å². The second kappa shape index (κ2) is 13.2. The van der Waals surface area contributed by atoms with Gasteiger partial charge in [-0.1, -0.05) is 48.5 Å². The molecule has 1 aromatic heterocycles. The molecule has 7 rings (SSSR count). The van der Waals surface area contributed by atoms with Crippen LogP contribution in [0.15, 0.2) is 73.1 Å². The standard InChI is InChI=1S/C38H37N3O4.H2S/c1-25-28(10-6-11-30(25)27-8-4-3-5-9-27)23-45-35-17-36(44-22-26-16-29(39-2)20-40-19-26)33(31-12-7-13-32(31)35)21-41-24-38(14-15-38)18-34(41)37(42)43;/h3-6,8-11,16-17,19-20,34H,7,12-15,18,21-24H2,1H3,(H,42,43);1H2/t34-;/m0./s1. The highest BCUT2D eigenvalue weighted by Gasteiger charge is 2.54. The summed E-state index contributed by atoms with van der Waals surface area (Å²) < 4.78 is 13.1. The number of carboxylic acid groups (broad SMARTS) is 1. The predicted octanol–water partition coefficient (Wildman–Crippen LogP) is 7.81. The number of hydrogen-bond acceptors (Lipinski definition) is 5. The minimum Gasteiger partial charge on any atom is -0.488 e. The van der Waals surface area contributed by atoms with Crippen molar-refractivity contribution in [2.45, 2.75) is 71.2 Å². The number of benzene rings is 3. The van der Waals surface area contributed by atoms with Crippen molar-refractivity contribution in [1.29, 1.82) is 0 Å². The van der Waals surface area contributed by atoms with Crippen LogP contribution < -0.4 is 9.47 Å². The van der Waals surface area contributed by atoms with Crippen molar-refractivity contribution in [3.63, 3.8) is 0 Å². The molecule has 0 radical (unpaired) electrons. The number of fused-ring (bicyclic) bond motifs is 1. The smallest absolute Gasteiger partial charge is 0.320 e. The lowest BCUT2D eigenvalue weighted by Crippen LogP contribution is -2.35.